The maximum atomic E-state index is 13.8. The number of rotatable bonds is 15. The minimum absolute atomic E-state index is 0.359. The summed E-state index contributed by atoms with van der Waals surface area (Å²) in [6.07, 6.45) is 8.25. The molecule has 2 N–H and O–H groups in total. The Balaban J connectivity index is 2.47. The molecule has 0 spiro atoms. The average molecular weight is 518 g/mol. The van der Waals surface area contributed by atoms with Gasteiger partial charge in [-0.1, -0.05) is 57.0 Å². The molecule has 35 heavy (non-hydrogen) atoms. The Bertz CT molecular complexity index is 1030. The number of hydrogen-bond acceptors (Lipinski definition) is 4. The number of carbonyl (C=O) groups excluding carboxylic acids is 1. The first-order valence-electron chi connectivity index (χ1n) is 12.5. The summed E-state index contributed by atoms with van der Waals surface area (Å²) in [5.41, 5.74) is 4.11. The monoisotopic (exact) mass is 517 g/mol. The van der Waals surface area contributed by atoms with Crippen LogP contribution in [0.3, 0.4) is 0 Å². The van der Waals surface area contributed by atoms with Crippen LogP contribution < -0.4 is 5.32 Å². The van der Waals surface area contributed by atoms with E-state index in [2.05, 4.69) is 19.2 Å². The molecule has 0 aliphatic carbocycles. The van der Waals surface area contributed by atoms with Crippen LogP contribution in [-0.4, -0.2) is 47.4 Å². The maximum absolute atomic E-state index is 13.8. The third-order valence-electron chi connectivity index (χ3n) is 6.29. The van der Waals surface area contributed by atoms with E-state index in [1.165, 1.54) is 0 Å². The highest BCUT2D eigenvalue weighted by molar-refractivity contribution is 7.98. The number of carbonyl (C=O) groups is 2. The van der Waals surface area contributed by atoms with Crippen LogP contribution in [0.1, 0.15) is 67.4 Å². The fraction of sp³-hybridized carbons (Fsp3) is 0.500. The number of benzene rings is 2. The van der Waals surface area contributed by atoms with Gasteiger partial charge in [-0.2, -0.15) is 11.8 Å². The lowest BCUT2D eigenvalue weighted by atomic mass is 9.94. The van der Waals surface area contributed by atoms with Gasteiger partial charge in [0.25, 0.3) is 5.91 Å². The largest absolute Gasteiger partial charge is 0.480 e. The summed E-state index contributed by atoms with van der Waals surface area (Å²) in [5, 5.41) is 12.3. The van der Waals surface area contributed by atoms with Gasteiger partial charge < -0.3 is 15.0 Å². The first-order chi connectivity index (χ1) is 16.7. The highest BCUT2D eigenvalue weighted by Crippen LogP contribution is 2.51. The van der Waals surface area contributed by atoms with Crippen LogP contribution in [0, 0.1) is 6.92 Å². The molecule has 0 saturated heterocycles. The maximum Gasteiger partial charge on any atom is 0.326 e. The molecule has 7 heteroatoms. The van der Waals surface area contributed by atoms with Crippen molar-refractivity contribution < 1.29 is 19.3 Å². The Morgan fingerprint density at radius 3 is 2.26 bits per heavy atom. The molecule has 5 nitrogen and oxygen atoms in total. The Hall–Kier alpha value is -2.04. The lowest BCUT2D eigenvalue weighted by Crippen LogP contribution is -2.41. The van der Waals surface area contributed by atoms with Gasteiger partial charge in [-0.25, -0.2) is 4.79 Å². The molecule has 192 valence electrons. The smallest absolute Gasteiger partial charge is 0.326 e. The average Bonchev–Trinajstić information content (AvgIpc) is 2.84. The van der Waals surface area contributed by atoms with Crippen molar-refractivity contribution in [2.24, 2.45) is 0 Å². The van der Waals surface area contributed by atoms with Crippen molar-refractivity contribution in [1.29, 1.82) is 0 Å². The zero-order chi connectivity index (χ0) is 25.8. The molecule has 0 radical (unpaired) electrons. The number of thioether (sulfide) groups is 1. The summed E-state index contributed by atoms with van der Waals surface area (Å²) < 4.78 is 13.8. The molecule has 2 rings (SSSR count). The second kappa shape index (κ2) is 14.5. The van der Waals surface area contributed by atoms with Crippen molar-refractivity contribution in [3.05, 3.63) is 59.2 Å². The minimum Gasteiger partial charge on any atom is -0.480 e. The van der Waals surface area contributed by atoms with Gasteiger partial charge in [0.05, 0.1) is 7.14 Å². The predicted molar refractivity (Wildman–Crippen MR) is 149 cm³/mol. The van der Waals surface area contributed by atoms with Crippen LogP contribution in [0.4, 0.5) is 0 Å². The SMILES string of the molecule is CCCCP(=O)(CCCC)Cc1ccc(C(=O)N[C@@H](CCSC)C(=O)O)c(-c2ccccc2C)c1. The van der Waals surface area contributed by atoms with Gasteiger partial charge in [0.2, 0.25) is 0 Å². The van der Waals surface area contributed by atoms with Crippen molar-refractivity contribution in [3.63, 3.8) is 0 Å². The molecule has 0 aliphatic heterocycles. The first kappa shape index (κ1) is 29.2. The van der Waals surface area contributed by atoms with Crippen LogP contribution in [-0.2, 0) is 15.5 Å². The van der Waals surface area contributed by atoms with Crippen molar-refractivity contribution in [2.45, 2.75) is 65.1 Å². The van der Waals surface area contributed by atoms with E-state index in [1.54, 1.807) is 17.8 Å². The third kappa shape index (κ3) is 8.84. The van der Waals surface area contributed by atoms with Crippen LogP contribution in [0.5, 0.6) is 0 Å². The van der Waals surface area contributed by atoms with E-state index in [0.717, 1.165) is 60.3 Å². The number of nitrogens with one attached hydrogen (secondary N) is 1. The minimum atomic E-state index is -2.37. The molecule has 1 amide bonds. The van der Waals surface area contributed by atoms with Gasteiger partial charge in [-0.15, -0.1) is 0 Å². The van der Waals surface area contributed by atoms with E-state index in [0.29, 0.717) is 23.9 Å². The van der Waals surface area contributed by atoms with Crippen molar-refractivity contribution in [2.75, 3.05) is 24.3 Å². The normalized spacial score (nSPS) is 12.3. The zero-order valence-corrected chi connectivity index (χ0v) is 23.2. The van der Waals surface area contributed by atoms with E-state index < -0.39 is 25.1 Å². The number of carboxylic acid groups (broad SMARTS) is 1. The first-order valence-corrected chi connectivity index (χ1v) is 16.2. The molecule has 2 aromatic rings. The Labute approximate surface area is 214 Å². The van der Waals surface area contributed by atoms with Crippen LogP contribution in [0.15, 0.2) is 42.5 Å². The quantitative estimate of drug-likeness (QED) is 0.247. The Kier molecular flexibility index (Phi) is 12.1. The molecule has 0 aromatic heterocycles. The van der Waals surface area contributed by atoms with Gasteiger partial charge in [0.15, 0.2) is 0 Å². The standard InChI is InChI=1S/C28H40NO4PS/c1-5-7-16-34(33,17-8-6-2)20-22-13-14-24(25(19-22)23-12-10-9-11-21(23)3)27(30)29-26(28(31)32)15-18-35-4/h9-14,19,26H,5-8,15-18,20H2,1-4H3,(H,29,30)(H,31,32)/t26-/m0/s1. The van der Waals surface area contributed by atoms with Crippen molar-refractivity contribution in [1.82, 2.24) is 5.32 Å². The Morgan fingerprint density at radius 2 is 1.69 bits per heavy atom. The second-order valence-electron chi connectivity index (χ2n) is 9.21. The number of hydrogen-bond donors (Lipinski definition) is 2. The second-order valence-corrected chi connectivity index (χ2v) is 13.5. The van der Waals surface area contributed by atoms with E-state index >= 15 is 0 Å². The molecule has 0 aliphatic rings. The molecule has 0 unspecified atom stereocenters. The number of aliphatic carboxylic acids is 1. The highest BCUT2D eigenvalue weighted by atomic mass is 32.2. The zero-order valence-electron chi connectivity index (χ0n) is 21.5. The molecule has 2 aromatic carbocycles. The Morgan fingerprint density at radius 1 is 1.03 bits per heavy atom. The number of unbranched alkanes of at least 4 members (excludes halogenated alkanes) is 2. The van der Waals surface area contributed by atoms with Crippen LogP contribution in [0.25, 0.3) is 11.1 Å². The predicted octanol–water partition coefficient (Wildman–Crippen LogP) is 7.06. The van der Waals surface area contributed by atoms with Gasteiger partial charge >= 0.3 is 5.97 Å². The molecule has 0 fully saturated rings. The van der Waals surface area contributed by atoms with Crippen molar-refractivity contribution in [3.8, 4) is 11.1 Å². The summed E-state index contributed by atoms with van der Waals surface area (Å²) in [6.45, 7) is 6.24. The molecule has 0 heterocycles. The van der Waals surface area contributed by atoms with Crippen molar-refractivity contribution >= 4 is 30.8 Å². The van der Waals surface area contributed by atoms with Gasteiger partial charge in [-0.3, -0.25) is 4.79 Å². The van der Waals surface area contributed by atoms with E-state index in [4.69, 9.17) is 0 Å². The van der Waals surface area contributed by atoms with E-state index in [9.17, 15) is 19.3 Å². The molecule has 1 atom stereocenters. The van der Waals surface area contributed by atoms with E-state index in [1.807, 2.05) is 49.6 Å². The number of amides is 1. The van der Waals surface area contributed by atoms with E-state index in [-0.39, 0.29) is 0 Å². The fourth-order valence-corrected chi connectivity index (χ4v) is 7.87. The highest BCUT2D eigenvalue weighted by Gasteiger charge is 2.25. The number of carboxylic acids is 1. The molecule has 0 bridgehead atoms. The van der Waals surface area contributed by atoms with Gasteiger partial charge in [-0.05, 0) is 72.6 Å². The summed E-state index contributed by atoms with van der Waals surface area (Å²) >= 11 is 1.55. The number of aryl methyl sites for hydroxylation is 1. The summed E-state index contributed by atoms with van der Waals surface area (Å²) in [5.74, 6) is -0.788. The van der Waals surface area contributed by atoms with Gasteiger partial charge in [0, 0.05) is 24.0 Å². The van der Waals surface area contributed by atoms with Crippen LogP contribution >= 0.6 is 18.9 Å². The fourth-order valence-electron chi connectivity index (χ4n) is 4.21. The summed E-state index contributed by atoms with van der Waals surface area (Å²) in [4.78, 5) is 25.0. The topological polar surface area (TPSA) is 83.5 Å². The molecular formula is C28H40NO4PS. The summed E-state index contributed by atoms with van der Waals surface area (Å²) in [6, 6.07) is 12.6. The van der Waals surface area contributed by atoms with Crippen LogP contribution in [0.2, 0.25) is 0 Å². The lowest BCUT2D eigenvalue weighted by molar-refractivity contribution is -0.139. The molecular weight excluding hydrogens is 477 g/mol. The summed E-state index contributed by atoms with van der Waals surface area (Å²) in [7, 11) is -2.37. The lowest BCUT2D eigenvalue weighted by Gasteiger charge is -2.20. The third-order valence-corrected chi connectivity index (χ3v) is 10.1. The molecule has 0 saturated carbocycles. The van der Waals surface area contributed by atoms with Gasteiger partial charge in [0.1, 0.15) is 6.04 Å².